The van der Waals surface area contributed by atoms with Gasteiger partial charge < -0.3 is 15.5 Å². The third kappa shape index (κ3) is 3.19. The minimum absolute atomic E-state index is 0.140. The maximum Gasteiger partial charge on any atom is 0.339 e. The molecule has 3 rings (SSSR count). The molecule has 7 nitrogen and oxygen atoms in total. The molecule has 1 atom stereocenters. The highest BCUT2D eigenvalue weighted by atomic mass is 32.2. The molecule has 0 aliphatic heterocycles. The first kappa shape index (κ1) is 18.4. The van der Waals surface area contributed by atoms with Gasteiger partial charge in [-0.15, -0.1) is 11.3 Å². The number of thiophene rings is 1. The van der Waals surface area contributed by atoms with Crippen LogP contribution in [0.1, 0.15) is 39.0 Å². The molecule has 0 aliphatic carbocycles. The van der Waals surface area contributed by atoms with Gasteiger partial charge in [-0.05, 0) is 37.8 Å². The van der Waals surface area contributed by atoms with Crippen LogP contribution in [0.25, 0.3) is 10.2 Å². The summed E-state index contributed by atoms with van der Waals surface area (Å²) in [4.78, 5) is 37.3. The smallest absolute Gasteiger partial charge is 0.339 e. The SMILES string of the molecule is COC(=O)c1c(C)[nH]c(C(=O)C(C)Sc2nc(N)c3ccsc3n2)c1C. The molecule has 0 radical (unpaired) electrons. The number of aromatic amines is 1. The number of ketones is 1. The Labute approximate surface area is 158 Å². The van der Waals surface area contributed by atoms with Crippen LogP contribution in [0, 0.1) is 13.8 Å². The molecule has 0 amide bonds. The topological polar surface area (TPSA) is 111 Å². The number of nitrogens with two attached hydrogens (primary N) is 1. The van der Waals surface area contributed by atoms with E-state index < -0.39 is 11.2 Å². The first-order valence-corrected chi connectivity index (χ1v) is 9.58. The van der Waals surface area contributed by atoms with Gasteiger partial charge in [0.15, 0.2) is 10.9 Å². The number of esters is 1. The van der Waals surface area contributed by atoms with Crippen LogP contribution in [-0.4, -0.2) is 39.1 Å². The Morgan fingerprint density at radius 1 is 1.35 bits per heavy atom. The second-order valence-electron chi connectivity index (χ2n) is 5.77. The number of H-pyrrole nitrogens is 1. The molecule has 0 bridgehead atoms. The summed E-state index contributed by atoms with van der Waals surface area (Å²) < 4.78 is 4.79. The first-order chi connectivity index (χ1) is 12.3. The van der Waals surface area contributed by atoms with E-state index in [1.54, 1.807) is 20.8 Å². The lowest BCUT2D eigenvalue weighted by molar-refractivity contribution is 0.0599. The number of methoxy groups -OCH3 is 1. The molecule has 0 saturated heterocycles. The van der Waals surface area contributed by atoms with Crippen molar-refractivity contribution in [3.8, 4) is 0 Å². The fourth-order valence-electron chi connectivity index (χ4n) is 2.73. The Kier molecular flexibility index (Phi) is 5.01. The average Bonchev–Trinajstić information content (AvgIpc) is 3.18. The van der Waals surface area contributed by atoms with Crippen molar-refractivity contribution in [1.82, 2.24) is 15.0 Å². The number of anilines is 1. The van der Waals surface area contributed by atoms with Crippen molar-refractivity contribution in [2.75, 3.05) is 12.8 Å². The van der Waals surface area contributed by atoms with Crippen molar-refractivity contribution < 1.29 is 14.3 Å². The number of carbonyl (C=O) groups excluding carboxylic acids is 2. The highest BCUT2D eigenvalue weighted by molar-refractivity contribution is 8.00. The highest BCUT2D eigenvalue weighted by Crippen LogP contribution is 2.30. The third-order valence-corrected chi connectivity index (χ3v) is 5.83. The molecule has 0 aliphatic rings. The van der Waals surface area contributed by atoms with Gasteiger partial charge in [-0.2, -0.15) is 0 Å². The molecule has 136 valence electrons. The highest BCUT2D eigenvalue weighted by Gasteiger charge is 2.26. The van der Waals surface area contributed by atoms with Gasteiger partial charge in [0.05, 0.1) is 29.0 Å². The molecule has 0 saturated carbocycles. The van der Waals surface area contributed by atoms with Gasteiger partial charge >= 0.3 is 5.97 Å². The lowest BCUT2D eigenvalue weighted by atomic mass is 10.1. The summed E-state index contributed by atoms with van der Waals surface area (Å²) in [6.45, 7) is 5.24. The van der Waals surface area contributed by atoms with E-state index in [1.165, 1.54) is 30.2 Å². The fourth-order valence-corrected chi connectivity index (χ4v) is 4.40. The number of thioether (sulfide) groups is 1. The number of ether oxygens (including phenoxy) is 1. The lowest BCUT2D eigenvalue weighted by Crippen LogP contribution is -2.16. The average molecular weight is 390 g/mol. The van der Waals surface area contributed by atoms with E-state index in [2.05, 4.69) is 15.0 Å². The van der Waals surface area contributed by atoms with Crippen molar-refractivity contribution in [1.29, 1.82) is 0 Å². The van der Waals surface area contributed by atoms with E-state index in [4.69, 9.17) is 10.5 Å². The first-order valence-electron chi connectivity index (χ1n) is 7.82. The zero-order valence-electron chi connectivity index (χ0n) is 14.7. The van der Waals surface area contributed by atoms with Crippen molar-refractivity contribution in [2.45, 2.75) is 31.2 Å². The molecule has 3 N–H and O–H groups in total. The van der Waals surface area contributed by atoms with Gasteiger partial charge in [0, 0.05) is 5.69 Å². The van der Waals surface area contributed by atoms with E-state index >= 15 is 0 Å². The minimum atomic E-state index is -0.463. The largest absolute Gasteiger partial charge is 0.465 e. The second-order valence-corrected chi connectivity index (χ2v) is 7.97. The second kappa shape index (κ2) is 7.08. The lowest BCUT2D eigenvalue weighted by Gasteiger charge is -2.09. The summed E-state index contributed by atoms with van der Waals surface area (Å²) in [6.07, 6.45) is 0. The number of nitrogens with zero attached hydrogens (tertiary/aromatic N) is 2. The summed E-state index contributed by atoms with van der Waals surface area (Å²) in [6, 6.07) is 1.87. The number of carbonyl (C=O) groups is 2. The van der Waals surface area contributed by atoms with Crippen molar-refractivity contribution in [2.24, 2.45) is 0 Å². The van der Waals surface area contributed by atoms with Crippen LogP contribution in [-0.2, 0) is 4.74 Å². The summed E-state index contributed by atoms with van der Waals surface area (Å²) >= 11 is 2.71. The summed E-state index contributed by atoms with van der Waals surface area (Å²) in [7, 11) is 1.32. The molecule has 1 unspecified atom stereocenters. The number of fused-ring (bicyclic) bond motifs is 1. The third-order valence-electron chi connectivity index (χ3n) is 4.06. The molecule has 0 spiro atoms. The van der Waals surface area contributed by atoms with E-state index in [1.807, 2.05) is 11.4 Å². The Morgan fingerprint density at radius 3 is 2.77 bits per heavy atom. The van der Waals surface area contributed by atoms with Gasteiger partial charge in [-0.3, -0.25) is 4.79 Å². The minimum Gasteiger partial charge on any atom is -0.465 e. The molecule has 0 fully saturated rings. The molecular formula is C17H18N4O3S2. The number of aryl methyl sites for hydroxylation is 1. The van der Waals surface area contributed by atoms with Crippen molar-refractivity contribution >= 4 is 50.9 Å². The normalized spacial score (nSPS) is 12.3. The summed E-state index contributed by atoms with van der Waals surface area (Å²) in [5.74, 6) is -0.202. The van der Waals surface area contributed by atoms with Crippen LogP contribution in [0.4, 0.5) is 5.82 Å². The standard InChI is InChI=1S/C17H18N4O3S2/c1-7-11(16(23)24-4)8(2)19-12(7)13(22)9(3)26-17-20-14(18)10-5-6-25-15(10)21-17/h5-6,9,19H,1-4H3,(H2,18,20,21). The van der Waals surface area contributed by atoms with Gasteiger partial charge in [0.1, 0.15) is 10.6 Å². The Bertz CT molecular complexity index is 1010. The van der Waals surface area contributed by atoms with Crippen LogP contribution in [0.2, 0.25) is 0 Å². The molecule has 3 aromatic heterocycles. The number of nitrogen functional groups attached to an aromatic ring is 1. The van der Waals surface area contributed by atoms with Crippen molar-refractivity contribution in [3.05, 3.63) is 34.0 Å². The van der Waals surface area contributed by atoms with E-state index in [0.29, 0.717) is 33.5 Å². The zero-order valence-corrected chi connectivity index (χ0v) is 16.4. The Balaban J connectivity index is 1.86. The Morgan fingerprint density at radius 2 is 2.08 bits per heavy atom. The van der Waals surface area contributed by atoms with Crippen LogP contribution >= 0.6 is 23.1 Å². The Hall–Kier alpha value is -2.39. The number of hydrogen-bond acceptors (Lipinski definition) is 8. The monoisotopic (exact) mass is 390 g/mol. The number of rotatable bonds is 5. The van der Waals surface area contributed by atoms with Gasteiger partial charge in [0.25, 0.3) is 0 Å². The number of Topliss-reactive ketones (excluding diaryl/α,β-unsaturated/α-hetero) is 1. The maximum atomic E-state index is 12.9. The molecule has 3 heterocycles. The zero-order chi connectivity index (χ0) is 19.0. The van der Waals surface area contributed by atoms with Gasteiger partial charge in [0.2, 0.25) is 0 Å². The van der Waals surface area contributed by atoms with Crippen LogP contribution in [0.5, 0.6) is 0 Å². The fraction of sp³-hybridized carbons (Fsp3) is 0.294. The van der Waals surface area contributed by atoms with Crippen LogP contribution in [0.3, 0.4) is 0 Å². The number of nitrogens with one attached hydrogen (secondary N) is 1. The molecule has 3 aromatic rings. The molecular weight excluding hydrogens is 372 g/mol. The summed E-state index contributed by atoms with van der Waals surface area (Å²) in [5, 5.41) is 2.72. The van der Waals surface area contributed by atoms with Gasteiger partial charge in [-0.1, -0.05) is 11.8 Å². The van der Waals surface area contributed by atoms with Crippen LogP contribution in [0.15, 0.2) is 16.6 Å². The van der Waals surface area contributed by atoms with E-state index in [-0.39, 0.29) is 5.78 Å². The molecule has 0 aromatic carbocycles. The van der Waals surface area contributed by atoms with Gasteiger partial charge in [-0.25, -0.2) is 14.8 Å². The van der Waals surface area contributed by atoms with Crippen LogP contribution < -0.4 is 5.73 Å². The maximum absolute atomic E-state index is 12.9. The molecule has 26 heavy (non-hydrogen) atoms. The predicted octanol–water partition coefficient (Wildman–Crippen LogP) is 3.37. The summed E-state index contributed by atoms with van der Waals surface area (Å²) in [5.41, 5.74) is 7.94. The van der Waals surface area contributed by atoms with E-state index in [0.717, 1.165) is 10.2 Å². The number of aromatic nitrogens is 3. The number of hydrogen-bond donors (Lipinski definition) is 2. The molecule has 9 heteroatoms. The van der Waals surface area contributed by atoms with E-state index in [9.17, 15) is 9.59 Å². The quantitative estimate of drug-likeness (QED) is 0.297. The van der Waals surface area contributed by atoms with Crippen molar-refractivity contribution in [3.63, 3.8) is 0 Å². The predicted molar refractivity (Wildman–Crippen MR) is 103 cm³/mol.